The van der Waals surface area contributed by atoms with Gasteiger partial charge in [0.05, 0.1) is 17.7 Å². The number of aromatic nitrogens is 1. The summed E-state index contributed by atoms with van der Waals surface area (Å²) in [6.45, 7) is 9.22. The third-order valence-corrected chi connectivity index (χ3v) is 6.12. The number of benzene rings is 1. The van der Waals surface area contributed by atoms with E-state index in [9.17, 15) is 19.5 Å². The highest BCUT2D eigenvalue weighted by molar-refractivity contribution is 6.49. The first kappa shape index (κ1) is 29.3. The van der Waals surface area contributed by atoms with E-state index in [1.165, 1.54) is 6.92 Å². The normalized spacial score (nSPS) is 20.5. The second-order valence-electron chi connectivity index (χ2n) is 10.1. The van der Waals surface area contributed by atoms with Crippen LogP contribution in [0.1, 0.15) is 51.5 Å². The summed E-state index contributed by atoms with van der Waals surface area (Å²) < 4.78 is 11.4. The number of rotatable bonds is 9. The van der Waals surface area contributed by atoms with Crippen LogP contribution in [0.4, 0.5) is 0 Å². The topological polar surface area (TPSA) is 139 Å². The average molecular weight is 524 g/mol. The lowest BCUT2D eigenvalue weighted by Gasteiger charge is -2.32. The van der Waals surface area contributed by atoms with Gasteiger partial charge < -0.3 is 25.0 Å². The van der Waals surface area contributed by atoms with Crippen LogP contribution in [0, 0.1) is 5.92 Å². The number of nitrogens with one attached hydrogen (secondary N) is 3. The first-order valence-electron chi connectivity index (χ1n) is 12.9. The highest BCUT2D eigenvalue weighted by Crippen LogP contribution is 2.17. The molecule has 0 bridgehead atoms. The molecule has 1 aliphatic rings. The Hall–Kier alpha value is -3.28. The number of carbonyl (C=O) groups excluding carboxylic acids is 3. The highest BCUT2D eigenvalue weighted by atomic mass is 16.6. The fraction of sp³-hybridized carbons (Fsp3) is 0.481. The molecule has 11 heteroatoms. The molecule has 38 heavy (non-hydrogen) atoms. The van der Waals surface area contributed by atoms with Gasteiger partial charge in [0.2, 0.25) is 5.91 Å². The van der Waals surface area contributed by atoms with Crippen LogP contribution in [-0.2, 0) is 18.9 Å². The summed E-state index contributed by atoms with van der Waals surface area (Å²) in [5, 5.41) is 18.9. The van der Waals surface area contributed by atoms with Gasteiger partial charge in [0, 0.05) is 18.2 Å². The molecule has 10 nitrogen and oxygen atoms in total. The van der Waals surface area contributed by atoms with Gasteiger partial charge in [0.1, 0.15) is 17.8 Å². The van der Waals surface area contributed by atoms with E-state index >= 15 is 0 Å². The zero-order chi connectivity index (χ0) is 27.8. The Labute approximate surface area is 224 Å². The molecule has 2 aromatic rings. The van der Waals surface area contributed by atoms with Crippen LogP contribution >= 0.6 is 0 Å². The summed E-state index contributed by atoms with van der Waals surface area (Å²) in [5.41, 5.74) is 1.56. The number of aliphatic hydroxyl groups is 1. The van der Waals surface area contributed by atoms with Crippen LogP contribution in [0.3, 0.4) is 0 Å². The molecule has 1 aliphatic heterocycles. The van der Waals surface area contributed by atoms with Crippen LogP contribution in [-0.4, -0.2) is 71.8 Å². The summed E-state index contributed by atoms with van der Waals surface area (Å²) in [6, 6.07) is 12.5. The van der Waals surface area contributed by atoms with Crippen molar-refractivity contribution in [3.05, 3.63) is 54.2 Å². The molecule has 0 aliphatic carbocycles. The molecule has 1 aromatic heterocycles. The standard InChI is InChI=1S/C27H37BN4O6/c1-16(2)14-23(28-37-15-17(3)29-18(4)27(36)38-28)31-26(35)24(19(5)33)32-25(34)22-13-9-12-21(30-22)20-10-7-6-8-11-20/h6-13,16-19,23-24,29,33H,14-15H2,1-5H3,(H,31,35)(H,32,34)/t17-,18-,19-,23+,24+/m1/s1. The van der Waals surface area contributed by atoms with E-state index in [-0.39, 0.29) is 24.3 Å². The summed E-state index contributed by atoms with van der Waals surface area (Å²) in [4.78, 5) is 43.3. The quantitative estimate of drug-likeness (QED) is 0.364. The molecule has 2 heterocycles. The molecule has 5 atom stereocenters. The highest BCUT2D eigenvalue weighted by Gasteiger charge is 2.40. The minimum Gasteiger partial charge on any atom is -0.507 e. The average Bonchev–Trinajstić information content (AvgIpc) is 2.88. The number of amides is 2. The molecule has 1 saturated heterocycles. The molecule has 0 unspecified atom stereocenters. The molecule has 4 N–H and O–H groups in total. The van der Waals surface area contributed by atoms with Gasteiger partial charge in [-0.2, -0.15) is 0 Å². The lowest BCUT2D eigenvalue weighted by molar-refractivity contribution is -0.140. The number of hydrogen-bond donors (Lipinski definition) is 4. The Morgan fingerprint density at radius 3 is 2.47 bits per heavy atom. The van der Waals surface area contributed by atoms with Gasteiger partial charge in [0.25, 0.3) is 5.91 Å². The van der Waals surface area contributed by atoms with Crippen molar-refractivity contribution in [1.82, 2.24) is 20.9 Å². The minimum atomic E-state index is -1.27. The fourth-order valence-electron chi connectivity index (χ4n) is 4.20. The van der Waals surface area contributed by atoms with Crippen LogP contribution < -0.4 is 16.0 Å². The predicted molar refractivity (Wildman–Crippen MR) is 144 cm³/mol. The number of pyridine rings is 1. The summed E-state index contributed by atoms with van der Waals surface area (Å²) in [5.74, 6) is -2.28. The van der Waals surface area contributed by atoms with E-state index < -0.39 is 49.0 Å². The van der Waals surface area contributed by atoms with Crippen molar-refractivity contribution in [2.24, 2.45) is 5.92 Å². The maximum absolute atomic E-state index is 13.3. The maximum atomic E-state index is 13.3. The van der Waals surface area contributed by atoms with Crippen molar-refractivity contribution >= 4 is 24.9 Å². The van der Waals surface area contributed by atoms with E-state index in [1.54, 1.807) is 25.1 Å². The van der Waals surface area contributed by atoms with E-state index in [0.717, 1.165) is 5.56 Å². The van der Waals surface area contributed by atoms with Crippen molar-refractivity contribution in [2.45, 2.75) is 71.2 Å². The van der Waals surface area contributed by atoms with Gasteiger partial charge in [-0.05, 0) is 45.2 Å². The molecular weight excluding hydrogens is 487 g/mol. The largest absolute Gasteiger partial charge is 0.551 e. The zero-order valence-corrected chi connectivity index (χ0v) is 22.5. The van der Waals surface area contributed by atoms with Crippen molar-refractivity contribution in [1.29, 1.82) is 0 Å². The first-order chi connectivity index (χ1) is 18.0. The van der Waals surface area contributed by atoms with Gasteiger partial charge in [-0.25, -0.2) is 4.98 Å². The Morgan fingerprint density at radius 2 is 1.82 bits per heavy atom. The lowest BCUT2D eigenvalue weighted by Crippen LogP contribution is -2.60. The van der Waals surface area contributed by atoms with Gasteiger partial charge in [-0.15, -0.1) is 0 Å². The first-order valence-corrected chi connectivity index (χ1v) is 12.9. The van der Waals surface area contributed by atoms with Crippen LogP contribution in [0.25, 0.3) is 11.3 Å². The molecule has 1 aromatic carbocycles. The third kappa shape index (κ3) is 8.11. The van der Waals surface area contributed by atoms with Crippen LogP contribution in [0.15, 0.2) is 48.5 Å². The number of carbonyl (C=O) groups is 3. The smallest absolute Gasteiger partial charge is 0.507 e. The van der Waals surface area contributed by atoms with Crippen molar-refractivity contribution in [3.8, 4) is 11.3 Å². The molecule has 0 spiro atoms. The maximum Gasteiger partial charge on any atom is 0.551 e. The molecule has 3 rings (SSSR count). The van der Waals surface area contributed by atoms with Gasteiger partial charge in [-0.3, -0.25) is 19.7 Å². The number of aliphatic hydroxyl groups excluding tert-OH is 1. The van der Waals surface area contributed by atoms with Crippen molar-refractivity contribution < 1.29 is 28.8 Å². The molecule has 204 valence electrons. The Balaban J connectivity index is 1.76. The van der Waals surface area contributed by atoms with E-state index in [2.05, 4.69) is 20.9 Å². The summed E-state index contributed by atoms with van der Waals surface area (Å²) >= 11 is 0. The monoisotopic (exact) mass is 524 g/mol. The summed E-state index contributed by atoms with van der Waals surface area (Å²) in [6.07, 6.45) is -0.762. The third-order valence-electron chi connectivity index (χ3n) is 6.12. The van der Waals surface area contributed by atoms with Crippen LogP contribution in [0.2, 0.25) is 0 Å². The molecule has 1 fully saturated rings. The molecule has 0 saturated carbocycles. The molecule has 2 amide bonds. The van der Waals surface area contributed by atoms with Gasteiger partial charge in [-0.1, -0.05) is 50.2 Å². The predicted octanol–water partition coefficient (Wildman–Crippen LogP) is 1.73. The number of nitrogens with zero attached hydrogens (tertiary/aromatic N) is 1. The molecule has 0 radical (unpaired) electrons. The SMILES string of the molecule is CC(C)C[C@H](NC(=O)[C@@H](NC(=O)c1cccc(-c2ccccc2)n1)[C@@H](C)O)B1OC[C@@H](C)N[C@H](C)C(=O)O1. The van der Waals surface area contributed by atoms with E-state index in [0.29, 0.717) is 12.1 Å². The van der Waals surface area contributed by atoms with Gasteiger partial charge >= 0.3 is 13.1 Å². The van der Waals surface area contributed by atoms with Crippen molar-refractivity contribution in [2.75, 3.05) is 6.61 Å². The Kier molecular flexibility index (Phi) is 10.4. The Morgan fingerprint density at radius 1 is 1.11 bits per heavy atom. The van der Waals surface area contributed by atoms with Crippen LogP contribution in [0.5, 0.6) is 0 Å². The van der Waals surface area contributed by atoms with E-state index in [4.69, 9.17) is 9.31 Å². The second kappa shape index (κ2) is 13.5. The van der Waals surface area contributed by atoms with E-state index in [1.807, 2.05) is 51.1 Å². The molecular formula is C27H37BN4O6. The Bertz CT molecular complexity index is 1100. The summed E-state index contributed by atoms with van der Waals surface area (Å²) in [7, 11) is -1.02. The number of hydrogen-bond acceptors (Lipinski definition) is 8. The van der Waals surface area contributed by atoms with Crippen molar-refractivity contribution in [3.63, 3.8) is 0 Å². The second-order valence-corrected chi connectivity index (χ2v) is 10.1. The minimum absolute atomic E-state index is 0.0978. The lowest BCUT2D eigenvalue weighted by atomic mass is 9.73. The zero-order valence-electron chi connectivity index (χ0n) is 22.5. The van der Waals surface area contributed by atoms with Gasteiger partial charge in [0.15, 0.2) is 0 Å². The fourth-order valence-corrected chi connectivity index (χ4v) is 4.20.